The van der Waals surface area contributed by atoms with E-state index in [1.807, 2.05) is 19.9 Å². The molecule has 4 bridgehead atoms. The Kier molecular flexibility index (Phi) is 4.90. The van der Waals surface area contributed by atoms with Crippen molar-refractivity contribution in [2.24, 2.45) is 16.2 Å². The van der Waals surface area contributed by atoms with Crippen LogP contribution in [0, 0.1) is 23.2 Å². The number of aryl methyl sites for hydroxylation is 1. The Labute approximate surface area is 203 Å². The number of hydrogen-bond acceptors (Lipinski definition) is 6. The van der Waals surface area contributed by atoms with Gasteiger partial charge in [0.25, 0.3) is 0 Å². The molecular weight excluding hydrogens is 468 g/mol. The van der Waals surface area contributed by atoms with E-state index in [9.17, 15) is 8.42 Å². The standard InChI is InChI=1S/C26H34O6SSi/c1-17-9-12-19(13-10-17)33(27,28)31-21-15-25-18(2)11-14-20(25)23(3)16-30-26(29-5,24(21,23)4)22(25)32-34(6,7)8/h9-10,12-15,22H,2,11,16H2,1,3-8H3. The highest BCUT2D eigenvalue weighted by molar-refractivity contribution is 7.86. The van der Waals surface area contributed by atoms with E-state index < -0.39 is 46.6 Å². The summed E-state index contributed by atoms with van der Waals surface area (Å²) in [6, 6.07) is 6.67. The lowest BCUT2D eigenvalue weighted by Crippen LogP contribution is -2.73. The molecule has 34 heavy (non-hydrogen) atoms. The molecule has 0 radical (unpaired) electrons. The van der Waals surface area contributed by atoms with Gasteiger partial charge < -0.3 is 18.1 Å². The highest BCUT2D eigenvalue weighted by atomic mass is 32.2. The summed E-state index contributed by atoms with van der Waals surface area (Å²) in [6.45, 7) is 17.2. The minimum atomic E-state index is -4.08. The molecule has 5 atom stereocenters. The summed E-state index contributed by atoms with van der Waals surface area (Å²) < 4.78 is 52.5. The smallest absolute Gasteiger partial charge is 0.338 e. The van der Waals surface area contributed by atoms with Gasteiger partial charge in [-0.3, -0.25) is 0 Å². The molecule has 5 aliphatic rings. The van der Waals surface area contributed by atoms with Crippen LogP contribution in [0.25, 0.3) is 0 Å². The fourth-order valence-electron chi connectivity index (χ4n) is 6.59. The summed E-state index contributed by atoms with van der Waals surface area (Å²) >= 11 is 0. The van der Waals surface area contributed by atoms with Gasteiger partial charge in [-0.2, -0.15) is 8.42 Å². The van der Waals surface area contributed by atoms with Gasteiger partial charge >= 0.3 is 10.1 Å². The van der Waals surface area contributed by atoms with Gasteiger partial charge in [-0.1, -0.05) is 42.8 Å². The maximum atomic E-state index is 13.4. The van der Waals surface area contributed by atoms with E-state index in [0.717, 1.165) is 11.1 Å². The van der Waals surface area contributed by atoms with Gasteiger partial charge in [-0.05, 0) is 63.7 Å². The van der Waals surface area contributed by atoms with Crippen molar-refractivity contribution >= 4 is 18.4 Å². The average Bonchev–Trinajstić information content (AvgIpc) is 3.17. The first-order chi connectivity index (χ1) is 15.7. The van der Waals surface area contributed by atoms with Crippen LogP contribution >= 0.6 is 0 Å². The molecule has 1 saturated carbocycles. The normalized spacial score (nSPS) is 38.6. The van der Waals surface area contributed by atoms with Crippen LogP contribution in [0.5, 0.6) is 0 Å². The molecule has 0 N–H and O–H groups in total. The molecule has 184 valence electrons. The Morgan fingerprint density at radius 3 is 2.38 bits per heavy atom. The molecule has 1 aliphatic heterocycles. The quantitative estimate of drug-likeness (QED) is 0.307. The van der Waals surface area contributed by atoms with Crippen LogP contribution in [0.2, 0.25) is 19.6 Å². The van der Waals surface area contributed by atoms with Crippen LogP contribution in [-0.2, 0) is 28.2 Å². The molecule has 1 aromatic rings. The van der Waals surface area contributed by atoms with Crippen LogP contribution in [0.1, 0.15) is 25.8 Å². The van der Waals surface area contributed by atoms with Crippen molar-refractivity contribution in [3.63, 3.8) is 0 Å². The zero-order chi connectivity index (χ0) is 24.9. The Morgan fingerprint density at radius 2 is 1.79 bits per heavy atom. The van der Waals surface area contributed by atoms with Crippen LogP contribution < -0.4 is 0 Å². The first kappa shape index (κ1) is 24.0. The third-order valence-corrected chi connectivity index (χ3v) is 10.6. The maximum absolute atomic E-state index is 13.4. The first-order valence-corrected chi connectivity index (χ1v) is 16.5. The van der Waals surface area contributed by atoms with Gasteiger partial charge in [-0.15, -0.1) is 0 Å². The van der Waals surface area contributed by atoms with Gasteiger partial charge in [0, 0.05) is 12.5 Å². The van der Waals surface area contributed by atoms with Crippen molar-refractivity contribution in [2.75, 3.05) is 13.7 Å². The number of benzene rings is 1. The Balaban J connectivity index is 1.75. The molecule has 8 heteroatoms. The molecule has 0 amide bonds. The zero-order valence-corrected chi connectivity index (χ0v) is 22.8. The number of rotatable bonds is 6. The summed E-state index contributed by atoms with van der Waals surface area (Å²) in [5.74, 6) is -0.884. The fraction of sp³-hybridized carbons (Fsp3) is 0.538. The predicted molar refractivity (Wildman–Crippen MR) is 132 cm³/mol. The van der Waals surface area contributed by atoms with Crippen molar-refractivity contribution in [3.05, 3.63) is 65.5 Å². The van der Waals surface area contributed by atoms with Gasteiger partial charge in [0.05, 0.1) is 17.4 Å². The van der Waals surface area contributed by atoms with E-state index in [0.29, 0.717) is 18.8 Å². The molecule has 1 saturated heterocycles. The van der Waals surface area contributed by atoms with Crippen molar-refractivity contribution in [2.45, 2.75) is 63.6 Å². The van der Waals surface area contributed by atoms with Gasteiger partial charge in [-0.25, -0.2) is 0 Å². The highest BCUT2D eigenvalue weighted by Gasteiger charge is 2.84. The van der Waals surface area contributed by atoms with E-state index in [2.05, 4.69) is 39.2 Å². The van der Waals surface area contributed by atoms with Crippen molar-refractivity contribution < 1.29 is 26.5 Å². The largest absolute Gasteiger partial charge is 0.408 e. The van der Waals surface area contributed by atoms with Crippen molar-refractivity contribution in [3.8, 4) is 0 Å². The Hall–Kier alpha value is -1.71. The van der Waals surface area contributed by atoms with E-state index >= 15 is 0 Å². The number of allylic oxidation sites excluding steroid dienone is 1. The molecular formula is C26H34O6SSi. The summed E-state index contributed by atoms with van der Waals surface area (Å²) in [4.78, 5) is 0.113. The molecule has 0 aromatic heterocycles. The summed E-state index contributed by atoms with van der Waals surface area (Å²) in [6.07, 6.45) is 4.36. The van der Waals surface area contributed by atoms with Crippen molar-refractivity contribution in [1.82, 2.24) is 0 Å². The molecule has 2 fully saturated rings. The third-order valence-electron chi connectivity index (χ3n) is 8.45. The van der Waals surface area contributed by atoms with E-state index in [1.165, 1.54) is 5.57 Å². The summed E-state index contributed by atoms with van der Waals surface area (Å²) in [7, 11) is -4.55. The second kappa shape index (κ2) is 6.94. The highest BCUT2D eigenvalue weighted by Crippen LogP contribution is 2.79. The maximum Gasteiger partial charge on any atom is 0.338 e. The lowest BCUT2D eigenvalue weighted by molar-refractivity contribution is -0.310. The number of ether oxygens (including phenoxy) is 2. The zero-order valence-electron chi connectivity index (χ0n) is 21.0. The van der Waals surface area contributed by atoms with E-state index in [1.54, 1.807) is 31.4 Å². The molecule has 4 aliphatic carbocycles. The third kappa shape index (κ3) is 2.69. The summed E-state index contributed by atoms with van der Waals surface area (Å²) in [5.41, 5.74) is 0.850. The van der Waals surface area contributed by atoms with Crippen LogP contribution in [0.4, 0.5) is 0 Å². The molecule has 6 nitrogen and oxygen atoms in total. The number of hydrogen-bond donors (Lipinski definition) is 0. The van der Waals surface area contributed by atoms with Crippen LogP contribution in [-0.4, -0.2) is 42.3 Å². The monoisotopic (exact) mass is 502 g/mol. The van der Waals surface area contributed by atoms with Crippen molar-refractivity contribution in [1.29, 1.82) is 0 Å². The minimum Gasteiger partial charge on any atom is -0.408 e. The van der Waals surface area contributed by atoms with E-state index in [4.69, 9.17) is 18.1 Å². The topological polar surface area (TPSA) is 71.1 Å². The lowest BCUT2D eigenvalue weighted by Gasteiger charge is -2.65. The Morgan fingerprint density at radius 1 is 1.15 bits per heavy atom. The van der Waals surface area contributed by atoms with Crippen LogP contribution in [0.15, 0.2) is 64.8 Å². The Bertz CT molecular complexity index is 1240. The van der Waals surface area contributed by atoms with Gasteiger partial charge in [0.2, 0.25) is 5.79 Å². The van der Waals surface area contributed by atoms with Gasteiger partial charge in [0.15, 0.2) is 8.32 Å². The average molecular weight is 503 g/mol. The molecule has 6 rings (SSSR count). The SMILES string of the molecule is C=C1CC=C2C13C=C(OS(=O)(=O)c1ccc(C)cc1)C1(C)C2(C)COC1(OC)C3O[Si](C)(C)C. The molecule has 5 unspecified atom stereocenters. The first-order valence-electron chi connectivity index (χ1n) is 11.7. The van der Waals surface area contributed by atoms with Gasteiger partial charge in [0.1, 0.15) is 16.8 Å². The molecule has 1 heterocycles. The van der Waals surface area contributed by atoms with Crippen LogP contribution in [0.3, 0.4) is 0 Å². The second-order valence-electron chi connectivity index (χ2n) is 11.4. The van der Waals surface area contributed by atoms with E-state index in [-0.39, 0.29) is 4.90 Å². The number of methoxy groups -OCH3 is 1. The fourth-order valence-corrected chi connectivity index (χ4v) is 8.66. The molecule has 1 spiro atoms. The lowest BCUT2D eigenvalue weighted by atomic mass is 9.42. The molecule has 1 aromatic carbocycles. The second-order valence-corrected chi connectivity index (χ2v) is 17.4. The summed E-state index contributed by atoms with van der Waals surface area (Å²) in [5, 5.41) is 0. The predicted octanol–water partition coefficient (Wildman–Crippen LogP) is 5.09. The minimum absolute atomic E-state index is 0.113.